The molecule has 1 aromatic heterocycles. The second kappa shape index (κ2) is 11.1. The minimum Gasteiger partial charge on any atom is -0.337 e. The van der Waals surface area contributed by atoms with E-state index in [1.165, 1.54) is 0 Å². The van der Waals surface area contributed by atoms with Gasteiger partial charge in [-0.15, -0.1) is 0 Å². The monoisotopic (exact) mass is 417 g/mol. The van der Waals surface area contributed by atoms with Crippen LogP contribution in [0.1, 0.15) is 37.0 Å². The lowest BCUT2D eigenvalue weighted by Crippen LogP contribution is -2.40. The second-order valence-electron chi connectivity index (χ2n) is 6.44. The van der Waals surface area contributed by atoms with Crippen LogP contribution in [0.5, 0.6) is 0 Å². The van der Waals surface area contributed by atoms with Crippen LogP contribution in [0.2, 0.25) is 5.02 Å². The molecule has 0 aliphatic carbocycles. The van der Waals surface area contributed by atoms with E-state index in [2.05, 4.69) is 20.6 Å². The van der Waals surface area contributed by atoms with E-state index in [0.717, 1.165) is 12.8 Å². The third-order valence-corrected chi connectivity index (χ3v) is 4.66. The summed E-state index contributed by atoms with van der Waals surface area (Å²) in [6.45, 7) is 3.49. The molecule has 0 bridgehead atoms. The number of nitrogens with zero attached hydrogens (tertiary/aromatic N) is 3. The van der Waals surface area contributed by atoms with Crippen molar-refractivity contribution in [2.75, 3.05) is 11.9 Å². The molecule has 0 spiro atoms. The van der Waals surface area contributed by atoms with Crippen LogP contribution in [0.15, 0.2) is 53.8 Å². The highest BCUT2D eigenvalue weighted by atomic mass is 35.5. The fourth-order valence-corrected chi connectivity index (χ4v) is 2.94. The van der Waals surface area contributed by atoms with Crippen molar-refractivity contribution in [3.05, 3.63) is 69.5 Å². The maximum absolute atomic E-state index is 12.7. The molecule has 154 valence electrons. The number of amidine groups is 1. The molecule has 2 rings (SSSR count). The first-order valence-electron chi connectivity index (χ1n) is 9.34. The first-order valence-corrected chi connectivity index (χ1v) is 9.72. The summed E-state index contributed by atoms with van der Waals surface area (Å²) >= 11 is 5.88. The summed E-state index contributed by atoms with van der Waals surface area (Å²) in [7, 11) is 0. The van der Waals surface area contributed by atoms with Gasteiger partial charge in [-0.3, -0.25) is 19.9 Å². The summed E-state index contributed by atoms with van der Waals surface area (Å²) in [5.41, 5.74) is 1.03. The van der Waals surface area contributed by atoms with Crippen LogP contribution < -0.4 is 10.6 Å². The van der Waals surface area contributed by atoms with Crippen LogP contribution in [0, 0.1) is 16.0 Å². The normalized spacial score (nSPS) is 12.5. The molecule has 1 heterocycles. The summed E-state index contributed by atoms with van der Waals surface area (Å²) in [6.07, 6.45) is 4.05. The Morgan fingerprint density at radius 1 is 1.24 bits per heavy atom. The van der Waals surface area contributed by atoms with E-state index >= 15 is 0 Å². The van der Waals surface area contributed by atoms with Crippen molar-refractivity contribution in [3.8, 4) is 0 Å². The van der Waals surface area contributed by atoms with Crippen LogP contribution in [-0.4, -0.2) is 34.4 Å². The zero-order chi connectivity index (χ0) is 21.2. The lowest BCUT2D eigenvalue weighted by atomic mass is 9.99. The molecule has 0 saturated carbocycles. The van der Waals surface area contributed by atoms with Gasteiger partial charge in [-0.25, -0.2) is 4.99 Å². The van der Waals surface area contributed by atoms with Gasteiger partial charge in [0.2, 0.25) is 0 Å². The smallest absolute Gasteiger partial charge is 0.260 e. The number of rotatable bonds is 9. The van der Waals surface area contributed by atoms with Gasteiger partial charge in [0.15, 0.2) is 5.84 Å². The molecular formula is C20H24ClN5O3. The Morgan fingerprint density at radius 3 is 2.48 bits per heavy atom. The van der Waals surface area contributed by atoms with E-state index < -0.39 is 17.6 Å². The Labute approximate surface area is 174 Å². The van der Waals surface area contributed by atoms with Gasteiger partial charge in [-0.05, 0) is 55.2 Å². The highest BCUT2D eigenvalue weighted by molar-refractivity contribution is 6.30. The van der Waals surface area contributed by atoms with E-state index in [0.29, 0.717) is 16.3 Å². The van der Waals surface area contributed by atoms with Crippen molar-refractivity contribution in [2.45, 2.75) is 32.9 Å². The summed E-state index contributed by atoms with van der Waals surface area (Å²) < 4.78 is 0. The number of anilines is 1. The van der Waals surface area contributed by atoms with Crippen molar-refractivity contribution in [1.82, 2.24) is 10.3 Å². The molecule has 0 aliphatic rings. The largest absolute Gasteiger partial charge is 0.337 e. The van der Waals surface area contributed by atoms with Crippen molar-refractivity contribution in [3.63, 3.8) is 0 Å². The Hall–Kier alpha value is -3.00. The average Bonchev–Trinajstić information content (AvgIpc) is 2.69. The number of hydrogen-bond donors (Lipinski definition) is 2. The van der Waals surface area contributed by atoms with E-state index in [-0.39, 0.29) is 17.7 Å². The first-order chi connectivity index (χ1) is 13.9. The maximum atomic E-state index is 12.7. The SMILES string of the molecule is CCC(CC)C(N=C(C[N+](=O)[O-])Nc1cccnc1)NC(=O)c1ccc(Cl)cc1. The Bertz CT molecular complexity index is 839. The van der Waals surface area contributed by atoms with Crippen molar-refractivity contribution >= 4 is 29.0 Å². The van der Waals surface area contributed by atoms with Crippen molar-refractivity contribution < 1.29 is 9.72 Å². The van der Waals surface area contributed by atoms with Crippen molar-refractivity contribution in [2.24, 2.45) is 10.9 Å². The molecule has 0 saturated heterocycles. The molecule has 2 aromatic rings. The van der Waals surface area contributed by atoms with Crippen molar-refractivity contribution in [1.29, 1.82) is 0 Å². The topological polar surface area (TPSA) is 110 Å². The maximum Gasteiger partial charge on any atom is 0.260 e. The highest BCUT2D eigenvalue weighted by Crippen LogP contribution is 2.17. The summed E-state index contributed by atoms with van der Waals surface area (Å²) in [6, 6.07) is 9.96. The number of aliphatic imine (C=N–C) groups is 1. The molecule has 29 heavy (non-hydrogen) atoms. The van der Waals surface area contributed by atoms with E-state index in [1.807, 2.05) is 13.8 Å². The van der Waals surface area contributed by atoms with Gasteiger partial charge in [-0.2, -0.15) is 0 Å². The summed E-state index contributed by atoms with van der Waals surface area (Å²) in [4.78, 5) is 31.9. The van der Waals surface area contributed by atoms with Crippen LogP contribution in [0.4, 0.5) is 5.69 Å². The number of carbonyl (C=O) groups is 1. The van der Waals surface area contributed by atoms with Crippen LogP contribution in [0.25, 0.3) is 0 Å². The zero-order valence-corrected chi connectivity index (χ0v) is 17.1. The quantitative estimate of drug-likeness (QED) is 0.277. The van der Waals surface area contributed by atoms with Gasteiger partial charge >= 0.3 is 0 Å². The van der Waals surface area contributed by atoms with Gasteiger partial charge in [0.25, 0.3) is 12.5 Å². The summed E-state index contributed by atoms with van der Waals surface area (Å²) in [5.74, 6) is -0.149. The fraction of sp³-hybridized carbons (Fsp3) is 0.350. The van der Waals surface area contributed by atoms with E-state index in [4.69, 9.17) is 11.6 Å². The molecule has 1 unspecified atom stereocenters. The lowest BCUT2D eigenvalue weighted by Gasteiger charge is -2.24. The van der Waals surface area contributed by atoms with Crippen LogP contribution >= 0.6 is 11.6 Å². The van der Waals surface area contributed by atoms with Gasteiger partial charge in [0.05, 0.1) is 11.9 Å². The number of nitrogens with one attached hydrogen (secondary N) is 2. The molecule has 1 aromatic carbocycles. The molecule has 0 fully saturated rings. The predicted octanol–water partition coefficient (Wildman–Crippen LogP) is 4.01. The van der Waals surface area contributed by atoms with Crippen LogP contribution in [-0.2, 0) is 0 Å². The van der Waals surface area contributed by atoms with Gasteiger partial charge in [0.1, 0.15) is 6.17 Å². The minimum atomic E-state index is -0.618. The number of hydrogen-bond acceptors (Lipinski definition) is 5. The molecular weight excluding hydrogens is 394 g/mol. The Kier molecular flexibility index (Phi) is 8.54. The molecule has 2 N–H and O–H groups in total. The molecule has 0 aliphatic heterocycles. The third kappa shape index (κ3) is 7.15. The highest BCUT2D eigenvalue weighted by Gasteiger charge is 2.23. The molecule has 9 heteroatoms. The lowest BCUT2D eigenvalue weighted by molar-refractivity contribution is -0.463. The van der Waals surface area contributed by atoms with Crippen LogP contribution in [0.3, 0.4) is 0 Å². The minimum absolute atomic E-state index is 0.0173. The Morgan fingerprint density at radius 2 is 1.93 bits per heavy atom. The molecule has 1 atom stereocenters. The predicted molar refractivity (Wildman–Crippen MR) is 114 cm³/mol. The standard InChI is InChI=1S/C20H24ClN5O3/c1-3-14(4-2)19(25-20(27)15-7-9-16(21)10-8-15)24-18(13-26(28)29)23-17-6-5-11-22-12-17/h5-12,14,19H,3-4,13H2,1-2H3,(H,23,24)(H,25,27). The average molecular weight is 418 g/mol. The first kappa shape index (κ1) is 22.3. The molecule has 0 radical (unpaired) electrons. The third-order valence-electron chi connectivity index (χ3n) is 4.40. The zero-order valence-electron chi connectivity index (χ0n) is 16.3. The number of halogens is 1. The number of pyridine rings is 1. The fourth-order valence-electron chi connectivity index (χ4n) is 2.82. The number of aromatic nitrogens is 1. The summed E-state index contributed by atoms with van der Waals surface area (Å²) in [5, 5.41) is 17.5. The second-order valence-corrected chi connectivity index (χ2v) is 6.87. The van der Waals surface area contributed by atoms with Gasteiger partial charge < -0.3 is 10.6 Å². The number of amides is 1. The Balaban J connectivity index is 2.30. The van der Waals surface area contributed by atoms with Gasteiger partial charge in [0, 0.05) is 21.7 Å². The van der Waals surface area contributed by atoms with Gasteiger partial charge in [-0.1, -0.05) is 25.4 Å². The van der Waals surface area contributed by atoms with E-state index in [1.54, 1.807) is 48.8 Å². The number of nitro groups is 1. The number of carbonyl (C=O) groups excluding carboxylic acids is 1. The van der Waals surface area contributed by atoms with E-state index in [9.17, 15) is 14.9 Å². The molecule has 1 amide bonds. The molecule has 8 nitrogen and oxygen atoms in total. The number of benzene rings is 1.